The SMILES string of the molecule is CNC(=O)CN(CCc1ccc(OCC(F)(F)F)c(OC)c1)CC1CC1.Cl. The second-order valence-electron chi connectivity index (χ2n) is 6.49. The van der Waals surface area contributed by atoms with E-state index in [9.17, 15) is 18.0 Å². The molecular weight excluding hydrogens is 385 g/mol. The third kappa shape index (κ3) is 8.71. The maximum Gasteiger partial charge on any atom is 0.422 e. The Morgan fingerprint density at radius 2 is 2.00 bits per heavy atom. The van der Waals surface area contributed by atoms with Crippen molar-refractivity contribution < 1.29 is 27.4 Å². The average molecular weight is 411 g/mol. The average Bonchev–Trinajstić information content (AvgIpc) is 3.41. The molecule has 1 aliphatic carbocycles. The van der Waals surface area contributed by atoms with Crippen LogP contribution in [0.15, 0.2) is 18.2 Å². The molecule has 0 unspecified atom stereocenters. The van der Waals surface area contributed by atoms with Crippen LogP contribution in [-0.4, -0.2) is 57.4 Å². The Labute approximate surface area is 163 Å². The number of methoxy groups -OCH3 is 1. The van der Waals surface area contributed by atoms with Crippen molar-refractivity contribution >= 4 is 18.3 Å². The molecule has 1 saturated carbocycles. The fourth-order valence-electron chi connectivity index (χ4n) is 2.62. The first-order chi connectivity index (χ1) is 12.3. The fourth-order valence-corrected chi connectivity index (χ4v) is 2.62. The number of alkyl halides is 3. The van der Waals surface area contributed by atoms with Crippen LogP contribution in [-0.2, 0) is 11.2 Å². The molecule has 1 aromatic carbocycles. The van der Waals surface area contributed by atoms with Crippen molar-refractivity contribution in [2.75, 3.05) is 40.4 Å². The van der Waals surface area contributed by atoms with Gasteiger partial charge in [0.15, 0.2) is 18.1 Å². The van der Waals surface area contributed by atoms with Crippen molar-refractivity contribution in [2.45, 2.75) is 25.4 Å². The van der Waals surface area contributed by atoms with Crippen LogP contribution < -0.4 is 14.8 Å². The summed E-state index contributed by atoms with van der Waals surface area (Å²) in [5.41, 5.74) is 0.916. The molecule has 27 heavy (non-hydrogen) atoms. The Kier molecular flexibility index (Phi) is 9.18. The molecule has 0 radical (unpaired) electrons. The highest BCUT2D eigenvalue weighted by atomic mass is 35.5. The predicted octanol–water partition coefficient (Wildman–Crippen LogP) is 3.06. The van der Waals surface area contributed by atoms with Crippen molar-refractivity contribution in [1.82, 2.24) is 10.2 Å². The second kappa shape index (κ2) is 10.6. The Balaban J connectivity index is 0.00000364. The van der Waals surface area contributed by atoms with Gasteiger partial charge in [-0.25, -0.2) is 0 Å². The van der Waals surface area contributed by atoms with Gasteiger partial charge in [-0.2, -0.15) is 13.2 Å². The number of ether oxygens (including phenoxy) is 2. The van der Waals surface area contributed by atoms with Crippen LogP contribution in [0.4, 0.5) is 13.2 Å². The molecule has 0 heterocycles. The molecule has 2 rings (SSSR count). The van der Waals surface area contributed by atoms with Gasteiger partial charge < -0.3 is 14.8 Å². The first-order valence-electron chi connectivity index (χ1n) is 8.60. The van der Waals surface area contributed by atoms with Gasteiger partial charge in [-0.05, 0) is 42.9 Å². The normalized spacial score (nSPS) is 13.9. The first-order valence-corrected chi connectivity index (χ1v) is 8.60. The van der Waals surface area contributed by atoms with Crippen LogP contribution in [0.5, 0.6) is 11.5 Å². The zero-order valence-corrected chi connectivity index (χ0v) is 16.3. The van der Waals surface area contributed by atoms with Gasteiger partial charge in [-0.15, -0.1) is 12.4 Å². The molecule has 0 aromatic heterocycles. The zero-order chi connectivity index (χ0) is 19.2. The summed E-state index contributed by atoms with van der Waals surface area (Å²) in [5, 5.41) is 2.63. The predicted molar refractivity (Wildman–Crippen MR) is 98.7 cm³/mol. The lowest BCUT2D eigenvalue weighted by Gasteiger charge is -2.21. The van der Waals surface area contributed by atoms with Crippen LogP contribution in [0.2, 0.25) is 0 Å². The highest BCUT2D eigenvalue weighted by molar-refractivity contribution is 5.85. The van der Waals surface area contributed by atoms with E-state index in [4.69, 9.17) is 9.47 Å². The van der Waals surface area contributed by atoms with Crippen molar-refractivity contribution in [3.05, 3.63) is 23.8 Å². The number of carbonyl (C=O) groups excluding carboxylic acids is 1. The smallest absolute Gasteiger partial charge is 0.422 e. The summed E-state index contributed by atoms with van der Waals surface area (Å²) in [6.07, 6.45) is -1.33. The molecular formula is C18H26ClF3N2O3. The number of nitrogens with zero attached hydrogens (tertiary/aromatic N) is 1. The molecule has 9 heteroatoms. The fraction of sp³-hybridized carbons (Fsp3) is 0.611. The van der Waals surface area contributed by atoms with E-state index in [1.807, 2.05) is 0 Å². The number of halogens is 4. The molecule has 0 saturated heterocycles. The van der Waals surface area contributed by atoms with Gasteiger partial charge >= 0.3 is 6.18 Å². The highest BCUT2D eigenvalue weighted by Crippen LogP contribution is 2.31. The summed E-state index contributed by atoms with van der Waals surface area (Å²) in [6.45, 7) is 0.564. The molecule has 5 nitrogen and oxygen atoms in total. The van der Waals surface area contributed by atoms with E-state index in [1.165, 1.54) is 26.0 Å². The summed E-state index contributed by atoms with van der Waals surface area (Å²) >= 11 is 0. The Morgan fingerprint density at radius 3 is 2.56 bits per heavy atom. The van der Waals surface area contributed by atoms with Gasteiger partial charge in [-0.3, -0.25) is 9.69 Å². The highest BCUT2D eigenvalue weighted by Gasteiger charge is 2.29. The van der Waals surface area contributed by atoms with Gasteiger partial charge in [0.25, 0.3) is 0 Å². The molecule has 1 fully saturated rings. The monoisotopic (exact) mass is 410 g/mol. The van der Waals surface area contributed by atoms with Crippen molar-refractivity contribution in [3.63, 3.8) is 0 Å². The van der Waals surface area contributed by atoms with E-state index in [0.717, 1.165) is 12.1 Å². The summed E-state index contributed by atoms with van der Waals surface area (Å²) in [4.78, 5) is 13.8. The molecule has 0 spiro atoms. The number of amides is 1. The Bertz CT molecular complexity index is 610. The summed E-state index contributed by atoms with van der Waals surface area (Å²) < 4.78 is 46.8. The van der Waals surface area contributed by atoms with Crippen LogP contribution in [0.3, 0.4) is 0 Å². The Morgan fingerprint density at radius 1 is 1.30 bits per heavy atom. The minimum atomic E-state index is -4.40. The first kappa shape index (κ1) is 23.4. The molecule has 0 bridgehead atoms. The van der Waals surface area contributed by atoms with Crippen LogP contribution in [0, 0.1) is 5.92 Å². The van der Waals surface area contributed by atoms with Gasteiger partial charge in [0.2, 0.25) is 5.91 Å². The van der Waals surface area contributed by atoms with E-state index in [2.05, 4.69) is 10.2 Å². The number of likely N-dealkylation sites (N-methyl/N-ethyl adjacent to an activating group) is 1. The lowest BCUT2D eigenvalue weighted by atomic mass is 10.1. The molecule has 0 aliphatic heterocycles. The second-order valence-corrected chi connectivity index (χ2v) is 6.49. The lowest BCUT2D eigenvalue weighted by Crippen LogP contribution is -2.38. The maximum absolute atomic E-state index is 12.3. The Hall–Kier alpha value is -1.67. The van der Waals surface area contributed by atoms with Crippen molar-refractivity contribution in [3.8, 4) is 11.5 Å². The van der Waals surface area contributed by atoms with Crippen molar-refractivity contribution in [2.24, 2.45) is 5.92 Å². The number of hydrogen-bond acceptors (Lipinski definition) is 4. The number of carbonyl (C=O) groups is 1. The van der Waals surface area contributed by atoms with E-state index in [1.54, 1.807) is 19.2 Å². The topological polar surface area (TPSA) is 50.8 Å². The third-order valence-electron chi connectivity index (χ3n) is 4.20. The minimum absolute atomic E-state index is 0. The van der Waals surface area contributed by atoms with Crippen LogP contribution in [0.25, 0.3) is 0 Å². The quantitative estimate of drug-likeness (QED) is 0.644. The molecule has 1 aromatic rings. The summed E-state index contributed by atoms with van der Waals surface area (Å²) in [5.74, 6) is 0.965. The summed E-state index contributed by atoms with van der Waals surface area (Å²) in [7, 11) is 3.01. The van der Waals surface area contributed by atoms with Crippen LogP contribution >= 0.6 is 12.4 Å². The number of rotatable bonds is 10. The lowest BCUT2D eigenvalue weighted by molar-refractivity contribution is -0.153. The number of nitrogens with one attached hydrogen (secondary N) is 1. The maximum atomic E-state index is 12.3. The molecule has 0 atom stereocenters. The zero-order valence-electron chi connectivity index (χ0n) is 15.5. The van der Waals surface area contributed by atoms with E-state index >= 15 is 0 Å². The molecule has 1 aliphatic rings. The minimum Gasteiger partial charge on any atom is -0.493 e. The van der Waals surface area contributed by atoms with E-state index in [-0.39, 0.29) is 29.8 Å². The molecule has 154 valence electrons. The van der Waals surface area contributed by atoms with Gasteiger partial charge in [0.1, 0.15) is 0 Å². The van der Waals surface area contributed by atoms with E-state index in [0.29, 0.717) is 25.4 Å². The largest absolute Gasteiger partial charge is 0.493 e. The number of hydrogen-bond donors (Lipinski definition) is 1. The van der Waals surface area contributed by atoms with Gasteiger partial charge in [0.05, 0.1) is 13.7 Å². The van der Waals surface area contributed by atoms with Crippen LogP contribution in [0.1, 0.15) is 18.4 Å². The number of benzene rings is 1. The molecule has 1 amide bonds. The van der Waals surface area contributed by atoms with Crippen molar-refractivity contribution in [1.29, 1.82) is 0 Å². The summed E-state index contributed by atoms with van der Waals surface area (Å²) in [6, 6.07) is 4.90. The van der Waals surface area contributed by atoms with Gasteiger partial charge in [-0.1, -0.05) is 6.07 Å². The standard InChI is InChI=1S/C18H25F3N2O3.ClH/c1-22-17(24)11-23(10-14-3-4-14)8-7-13-5-6-15(16(9-13)25-2)26-12-18(19,20)21;/h5-6,9,14H,3-4,7-8,10-12H2,1-2H3,(H,22,24);1H. The van der Waals surface area contributed by atoms with Gasteiger partial charge in [0, 0.05) is 20.1 Å². The molecule has 1 N–H and O–H groups in total. The third-order valence-corrected chi connectivity index (χ3v) is 4.20. The van der Waals surface area contributed by atoms with E-state index < -0.39 is 12.8 Å².